The fourth-order valence-corrected chi connectivity index (χ4v) is 4.81. The van der Waals surface area contributed by atoms with Crippen molar-refractivity contribution >= 4 is 0 Å². The Balaban J connectivity index is -0.0000000985. The first-order valence-electron chi connectivity index (χ1n) is 27.0. The smallest absolute Gasteiger partial charge is 0.0701 e. The van der Waals surface area contributed by atoms with Gasteiger partial charge in [0.25, 0.3) is 0 Å². The summed E-state index contributed by atoms with van der Waals surface area (Å²) in [5.74, 6) is 5.49. The monoisotopic (exact) mass is 938 g/mol. The van der Waals surface area contributed by atoms with E-state index in [2.05, 4.69) is 185 Å². The molecule has 0 aromatic heterocycles. The Bertz CT molecular complexity index is 925. The highest BCUT2D eigenvalue weighted by molar-refractivity contribution is 5.15. The fourth-order valence-electron chi connectivity index (χ4n) is 4.81. The summed E-state index contributed by atoms with van der Waals surface area (Å²) in [7, 11) is 0. The van der Waals surface area contributed by atoms with E-state index in [1.807, 2.05) is 34.6 Å². The van der Waals surface area contributed by atoms with Gasteiger partial charge in [0.05, 0.1) is 26.4 Å². The molecular weight excluding hydrogens is 811 g/mol. The standard InChI is InChI=1S/C11H24O3.2C10H14.3C6H14.C4H11N.C3H9N.C2H7N.C2H6/c1-4-5-12-6-7-13-8-9-14-10-11(2)3;2*1-9(2)8-10-6-4-3-5-7-10;3*1-4-5-6(2)3;1-4(2)3-5;1-3(2)4;1-2-3;1-2/h11H,4-10H2,1-3H3;2*3-7,9H,8H2,1-2H3;3*6H,4-5H2,1-3H3;4H,3,5H2,1-2H3;3H,4H2,1-2H3;2-3H2,1H3;1-2H3. The van der Waals surface area contributed by atoms with E-state index >= 15 is 0 Å². The number of nitrogens with two attached hydrogens (primary N) is 3. The van der Waals surface area contributed by atoms with E-state index < -0.39 is 0 Å². The Morgan fingerprint density at radius 3 is 0.818 bits per heavy atom. The van der Waals surface area contributed by atoms with Crippen LogP contribution in [0.2, 0.25) is 0 Å². The molecule has 2 aromatic rings. The predicted molar refractivity (Wildman–Crippen MR) is 306 cm³/mol. The minimum atomic E-state index is 0.333. The average molecular weight is 939 g/mol. The molecule has 66 heavy (non-hydrogen) atoms. The molecule has 0 aliphatic carbocycles. The highest BCUT2D eigenvalue weighted by Gasteiger charge is 1.96. The second-order valence-corrected chi connectivity index (χ2v) is 19.7. The number of rotatable bonds is 21. The quantitative estimate of drug-likeness (QED) is 0.108. The maximum atomic E-state index is 5.36. The molecule has 6 nitrogen and oxygen atoms in total. The van der Waals surface area contributed by atoms with Gasteiger partial charge in [0.1, 0.15) is 0 Å². The molecule has 0 amide bonds. The summed E-state index contributed by atoms with van der Waals surface area (Å²) < 4.78 is 15.9. The van der Waals surface area contributed by atoms with Crippen molar-refractivity contribution < 1.29 is 14.2 Å². The van der Waals surface area contributed by atoms with Crippen LogP contribution < -0.4 is 17.2 Å². The molecule has 0 fully saturated rings. The van der Waals surface area contributed by atoms with E-state index in [-0.39, 0.29) is 0 Å². The van der Waals surface area contributed by atoms with Crippen molar-refractivity contribution in [2.75, 3.05) is 52.7 Å². The molecule has 6 heteroatoms. The fraction of sp³-hybridized carbons (Fsp3) is 0.800. The molecule has 2 rings (SSSR count). The maximum absolute atomic E-state index is 5.36. The molecule has 0 radical (unpaired) electrons. The van der Waals surface area contributed by atoms with Crippen LogP contribution in [-0.4, -0.2) is 58.8 Å². The van der Waals surface area contributed by atoms with Gasteiger partial charge in [-0.3, -0.25) is 0 Å². The summed E-state index contributed by atoms with van der Waals surface area (Å²) in [5.41, 5.74) is 18.0. The van der Waals surface area contributed by atoms with Crippen LogP contribution >= 0.6 is 0 Å². The summed E-state index contributed by atoms with van der Waals surface area (Å²) >= 11 is 0. The zero-order chi connectivity index (χ0) is 53.0. The Kier molecular flexibility index (Phi) is 88.8. The highest BCUT2D eigenvalue weighted by atomic mass is 16.5. The van der Waals surface area contributed by atoms with Gasteiger partial charge in [-0.2, -0.15) is 0 Å². The summed E-state index contributed by atoms with van der Waals surface area (Å²) in [6.07, 6.45) is 11.6. The summed E-state index contributed by atoms with van der Waals surface area (Å²) in [6, 6.07) is 21.6. The Hall–Kier alpha value is -1.80. The minimum absolute atomic E-state index is 0.333. The van der Waals surface area contributed by atoms with Crippen LogP contribution in [0.4, 0.5) is 0 Å². The van der Waals surface area contributed by atoms with Crippen LogP contribution in [0.5, 0.6) is 0 Å². The third-order valence-electron chi connectivity index (χ3n) is 7.59. The predicted octanol–water partition coefficient (Wildman–Crippen LogP) is 17.1. The van der Waals surface area contributed by atoms with Crippen molar-refractivity contribution in [1.29, 1.82) is 0 Å². The second-order valence-electron chi connectivity index (χ2n) is 19.7. The largest absolute Gasteiger partial charge is 0.379 e. The normalized spacial score (nSPS) is 9.85. The number of benzene rings is 2. The number of hydrogen-bond acceptors (Lipinski definition) is 6. The molecule has 0 heterocycles. The third kappa shape index (κ3) is 119. The lowest BCUT2D eigenvalue weighted by Gasteiger charge is -2.07. The Labute approximate surface area is 418 Å². The van der Waals surface area contributed by atoms with Gasteiger partial charge in [-0.1, -0.05) is 258 Å². The van der Waals surface area contributed by atoms with Gasteiger partial charge in [0.15, 0.2) is 0 Å². The van der Waals surface area contributed by atoms with Crippen molar-refractivity contribution in [3.8, 4) is 0 Å². The van der Waals surface area contributed by atoms with E-state index in [0.717, 1.165) is 62.3 Å². The second kappa shape index (κ2) is 72.2. The first-order chi connectivity index (χ1) is 31.1. The van der Waals surface area contributed by atoms with Gasteiger partial charge in [0, 0.05) is 13.2 Å². The SMILES string of the molecule is CC.CC(C)CN.CC(C)Cc1ccccc1.CC(C)Cc1ccccc1.CC(C)N.CCCC(C)C.CCCC(C)C.CCCC(C)C.CCCOCCOCCOCC(C)C.CCN. The molecule has 0 saturated heterocycles. The Morgan fingerprint density at radius 2 is 0.636 bits per heavy atom. The summed E-state index contributed by atoms with van der Waals surface area (Å²) in [4.78, 5) is 0. The molecule has 0 saturated carbocycles. The third-order valence-corrected chi connectivity index (χ3v) is 7.59. The number of hydrogen-bond donors (Lipinski definition) is 3. The van der Waals surface area contributed by atoms with Crippen LogP contribution in [0, 0.1) is 41.4 Å². The molecule has 0 spiro atoms. The lowest BCUT2D eigenvalue weighted by molar-refractivity contribution is 0.00968. The first kappa shape index (κ1) is 81.2. The van der Waals surface area contributed by atoms with Gasteiger partial charge in [0.2, 0.25) is 0 Å². The first-order valence-corrected chi connectivity index (χ1v) is 27.0. The van der Waals surface area contributed by atoms with Crippen LogP contribution in [0.1, 0.15) is 215 Å². The molecular formula is C60H127N3O3. The lowest BCUT2D eigenvalue weighted by atomic mass is 10.0. The van der Waals surface area contributed by atoms with Crippen molar-refractivity contribution in [3.05, 3.63) is 71.8 Å². The van der Waals surface area contributed by atoms with Crippen molar-refractivity contribution in [3.63, 3.8) is 0 Å². The van der Waals surface area contributed by atoms with Gasteiger partial charge >= 0.3 is 0 Å². The Morgan fingerprint density at radius 1 is 0.379 bits per heavy atom. The molecule has 0 aliphatic rings. The molecule has 0 aliphatic heterocycles. The van der Waals surface area contributed by atoms with Gasteiger partial charge in [-0.15, -0.1) is 0 Å². The van der Waals surface area contributed by atoms with E-state index in [0.29, 0.717) is 44.3 Å². The molecule has 6 N–H and O–H groups in total. The topological polar surface area (TPSA) is 106 Å². The molecule has 0 unspecified atom stereocenters. The van der Waals surface area contributed by atoms with E-state index in [1.165, 1.54) is 62.5 Å². The van der Waals surface area contributed by atoms with Gasteiger partial charge in [-0.05, 0) is 90.9 Å². The van der Waals surface area contributed by atoms with E-state index in [4.69, 9.17) is 31.4 Å². The summed E-state index contributed by atoms with van der Waals surface area (Å²) in [6.45, 7) is 55.4. The highest BCUT2D eigenvalue weighted by Crippen LogP contribution is 2.07. The van der Waals surface area contributed by atoms with Gasteiger partial charge < -0.3 is 31.4 Å². The van der Waals surface area contributed by atoms with Crippen LogP contribution in [-0.2, 0) is 27.1 Å². The molecule has 0 atom stereocenters. The zero-order valence-electron chi connectivity index (χ0n) is 49.4. The molecule has 400 valence electrons. The lowest BCUT2D eigenvalue weighted by Crippen LogP contribution is -2.11. The van der Waals surface area contributed by atoms with Crippen molar-refractivity contribution in [2.45, 2.75) is 223 Å². The molecule has 0 bridgehead atoms. The van der Waals surface area contributed by atoms with Crippen LogP contribution in [0.15, 0.2) is 60.7 Å². The molecule has 2 aromatic carbocycles. The van der Waals surface area contributed by atoms with Crippen molar-refractivity contribution in [1.82, 2.24) is 0 Å². The zero-order valence-corrected chi connectivity index (χ0v) is 49.4. The maximum Gasteiger partial charge on any atom is 0.0701 e. The summed E-state index contributed by atoms with van der Waals surface area (Å²) in [5, 5.41) is 0. The minimum Gasteiger partial charge on any atom is -0.379 e. The van der Waals surface area contributed by atoms with Crippen LogP contribution in [0.25, 0.3) is 0 Å². The van der Waals surface area contributed by atoms with Gasteiger partial charge in [-0.25, -0.2) is 0 Å². The average Bonchev–Trinajstić information content (AvgIpc) is 3.22. The van der Waals surface area contributed by atoms with Crippen LogP contribution in [0.3, 0.4) is 0 Å². The van der Waals surface area contributed by atoms with E-state index in [1.54, 1.807) is 0 Å². The van der Waals surface area contributed by atoms with Crippen molar-refractivity contribution in [2.24, 2.45) is 58.6 Å². The number of ether oxygens (including phenoxy) is 3. The van der Waals surface area contributed by atoms with E-state index in [9.17, 15) is 0 Å².